The minimum atomic E-state index is -0.381. The van der Waals surface area contributed by atoms with Crippen molar-refractivity contribution in [2.45, 2.75) is 25.7 Å². The highest BCUT2D eigenvalue weighted by atomic mass is 79.9. The summed E-state index contributed by atoms with van der Waals surface area (Å²) in [6.45, 7) is 1.86. The molecule has 2 amide bonds. The van der Waals surface area contributed by atoms with Crippen LogP contribution in [0.15, 0.2) is 22.7 Å². The van der Waals surface area contributed by atoms with Crippen LogP contribution in [0.5, 0.6) is 0 Å². The quantitative estimate of drug-likeness (QED) is 0.853. The first-order valence-corrected chi connectivity index (χ1v) is 6.61. The van der Waals surface area contributed by atoms with Gasteiger partial charge in [-0.2, -0.15) is 0 Å². The fourth-order valence-electron chi connectivity index (χ4n) is 2.40. The standard InChI is InChI=1S/C13H13BrFNO2/c1-2-8-9(6-12(17)16-13(8)18)10-5-7(14)3-4-11(10)15/h3-5,8-9H,2,6H2,1H3,(H,16,17,18). The maximum atomic E-state index is 13.9. The number of hydrogen-bond donors (Lipinski definition) is 1. The Morgan fingerprint density at radius 3 is 2.83 bits per heavy atom. The van der Waals surface area contributed by atoms with Gasteiger partial charge in [0.05, 0.1) is 0 Å². The van der Waals surface area contributed by atoms with Crippen LogP contribution in [-0.2, 0) is 9.59 Å². The summed E-state index contributed by atoms with van der Waals surface area (Å²) in [6, 6.07) is 4.60. The van der Waals surface area contributed by atoms with Crippen molar-refractivity contribution in [2.24, 2.45) is 5.92 Å². The minimum Gasteiger partial charge on any atom is -0.296 e. The summed E-state index contributed by atoms with van der Waals surface area (Å²) in [6.07, 6.45) is 0.730. The second-order valence-corrected chi connectivity index (χ2v) is 5.32. The Hall–Kier alpha value is -1.23. The van der Waals surface area contributed by atoms with E-state index in [4.69, 9.17) is 0 Å². The molecule has 0 aliphatic carbocycles. The molecule has 2 unspecified atom stereocenters. The third kappa shape index (κ3) is 2.46. The van der Waals surface area contributed by atoms with Gasteiger partial charge < -0.3 is 0 Å². The highest BCUT2D eigenvalue weighted by Gasteiger charge is 2.36. The monoisotopic (exact) mass is 313 g/mol. The third-order valence-corrected chi connectivity index (χ3v) is 3.78. The van der Waals surface area contributed by atoms with Crippen LogP contribution in [-0.4, -0.2) is 11.8 Å². The molecule has 1 fully saturated rings. The Bertz CT molecular complexity index is 504. The first-order chi connectivity index (χ1) is 8.52. The molecule has 3 nitrogen and oxygen atoms in total. The lowest BCUT2D eigenvalue weighted by Crippen LogP contribution is -2.44. The molecule has 0 spiro atoms. The Labute approximate surface area is 113 Å². The lowest BCUT2D eigenvalue weighted by atomic mass is 9.79. The Balaban J connectivity index is 2.42. The summed E-state index contributed by atoms with van der Waals surface area (Å²) in [5, 5.41) is 2.30. The van der Waals surface area contributed by atoms with E-state index in [1.54, 1.807) is 12.1 Å². The second-order valence-electron chi connectivity index (χ2n) is 4.40. The van der Waals surface area contributed by atoms with E-state index < -0.39 is 0 Å². The van der Waals surface area contributed by atoms with Gasteiger partial charge in [0, 0.05) is 22.7 Å². The molecular formula is C13H13BrFNO2. The maximum Gasteiger partial charge on any atom is 0.230 e. The number of benzene rings is 1. The van der Waals surface area contributed by atoms with Gasteiger partial charge in [-0.05, 0) is 30.2 Å². The van der Waals surface area contributed by atoms with Gasteiger partial charge >= 0.3 is 0 Å². The van der Waals surface area contributed by atoms with E-state index in [0.29, 0.717) is 12.0 Å². The van der Waals surface area contributed by atoms with Gasteiger partial charge in [-0.25, -0.2) is 4.39 Å². The largest absolute Gasteiger partial charge is 0.296 e. The van der Waals surface area contributed by atoms with Crippen molar-refractivity contribution in [1.82, 2.24) is 5.32 Å². The molecule has 1 aromatic carbocycles. The van der Waals surface area contributed by atoms with E-state index in [0.717, 1.165) is 4.47 Å². The summed E-state index contributed by atoms with van der Waals surface area (Å²) in [4.78, 5) is 23.2. The minimum absolute atomic E-state index is 0.150. The molecule has 0 radical (unpaired) electrons. The SMILES string of the molecule is CCC1C(=O)NC(=O)CC1c1cc(Br)ccc1F. The molecule has 18 heavy (non-hydrogen) atoms. The molecule has 1 aromatic rings. The summed E-state index contributed by atoms with van der Waals surface area (Å²) in [7, 11) is 0. The van der Waals surface area contributed by atoms with Crippen molar-refractivity contribution in [3.8, 4) is 0 Å². The lowest BCUT2D eigenvalue weighted by molar-refractivity contribution is -0.137. The van der Waals surface area contributed by atoms with Gasteiger partial charge in [-0.3, -0.25) is 14.9 Å². The summed E-state index contributed by atoms with van der Waals surface area (Å²) in [5.74, 6) is -1.75. The first-order valence-electron chi connectivity index (χ1n) is 5.81. The predicted octanol–water partition coefficient (Wildman–Crippen LogP) is 2.74. The molecule has 2 atom stereocenters. The van der Waals surface area contributed by atoms with Gasteiger partial charge in [0.1, 0.15) is 5.82 Å². The summed E-state index contributed by atoms with van der Waals surface area (Å²) in [5.41, 5.74) is 0.430. The number of piperidine rings is 1. The Morgan fingerprint density at radius 2 is 2.17 bits per heavy atom. The van der Waals surface area contributed by atoms with Crippen molar-refractivity contribution in [3.63, 3.8) is 0 Å². The second kappa shape index (κ2) is 5.18. The van der Waals surface area contributed by atoms with Crippen molar-refractivity contribution >= 4 is 27.7 Å². The molecule has 1 heterocycles. The van der Waals surface area contributed by atoms with Crippen molar-refractivity contribution in [2.75, 3.05) is 0 Å². The average Bonchev–Trinajstić information content (AvgIpc) is 2.31. The van der Waals surface area contributed by atoms with E-state index in [1.807, 2.05) is 6.92 Å². The predicted molar refractivity (Wildman–Crippen MR) is 68.4 cm³/mol. The van der Waals surface area contributed by atoms with E-state index in [1.165, 1.54) is 6.07 Å². The van der Waals surface area contributed by atoms with Crippen molar-refractivity contribution in [3.05, 3.63) is 34.1 Å². The van der Waals surface area contributed by atoms with E-state index in [2.05, 4.69) is 21.2 Å². The van der Waals surface area contributed by atoms with E-state index in [9.17, 15) is 14.0 Å². The molecule has 1 N–H and O–H groups in total. The summed E-state index contributed by atoms with van der Waals surface area (Å²) >= 11 is 3.28. The number of imide groups is 1. The zero-order valence-electron chi connectivity index (χ0n) is 9.87. The molecule has 0 bridgehead atoms. The number of carbonyl (C=O) groups excluding carboxylic acids is 2. The van der Waals surface area contributed by atoms with Gasteiger partial charge in [0.15, 0.2) is 0 Å². The maximum absolute atomic E-state index is 13.9. The Kier molecular flexibility index (Phi) is 3.80. The molecular weight excluding hydrogens is 301 g/mol. The van der Waals surface area contributed by atoms with Crippen LogP contribution < -0.4 is 5.32 Å². The molecule has 1 aliphatic rings. The van der Waals surface area contributed by atoms with Gasteiger partial charge in [-0.1, -0.05) is 22.9 Å². The Morgan fingerprint density at radius 1 is 1.44 bits per heavy atom. The highest BCUT2D eigenvalue weighted by Crippen LogP contribution is 2.35. The van der Waals surface area contributed by atoms with Crippen molar-refractivity contribution in [1.29, 1.82) is 0 Å². The number of carbonyl (C=O) groups is 2. The smallest absolute Gasteiger partial charge is 0.230 e. The molecule has 5 heteroatoms. The van der Waals surface area contributed by atoms with Crippen LogP contribution in [0.2, 0.25) is 0 Å². The summed E-state index contributed by atoms with van der Waals surface area (Å²) < 4.78 is 14.6. The van der Waals surface area contributed by atoms with Crippen LogP contribution in [0.25, 0.3) is 0 Å². The fourth-order valence-corrected chi connectivity index (χ4v) is 2.78. The number of halogens is 2. The first kappa shape index (κ1) is 13.2. The highest BCUT2D eigenvalue weighted by molar-refractivity contribution is 9.10. The van der Waals surface area contributed by atoms with Crippen LogP contribution in [0, 0.1) is 11.7 Å². The van der Waals surface area contributed by atoms with E-state index in [-0.39, 0.29) is 35.9 Å². The topological polar surface area (TPSA) is 46.2 Å². The number of amides is 2. The molecule has 0 saturated carbocycles. The zero-order valence-corrected chi connectivity index (χ0v) is 11.5. The average molecular weight is 314 g/mol. The number of nitrogens with one attached hydrogen (secondary N) is 1. The molecule has 1 aliphatic heterocycles. The number of rotatable bonds is 2. The molecule has 1 saturated heterocycles. The van der Waals surface area contributed by atoms with Crippen LogP contribution in [0.3, 0.4) is 0 Å². The molecule has 2 rings (SSSR count). The third-order valence-electron chi connectivity index (χ3n) is 3.29. The van der Waals surface area contributed by atoms with Crippen molar-refractivity contribution < 1.29 is 14.0 Å². The fraction of sp³-hybridized carbons (Fsp3) is 0.385. The van der Waals surface area contributed by atoms with Gasteiger partial charge in [-0.15, -0.1) is 0 Å². The van der Waals surface area contributed by atoms with Crippen LogP contribution in [0.4, 0.5) is 4.39 Å². The van der Waals surface area contributed by atoms with Crippen LogP contribution in [0.1, 0.15) is 31.2 Å². The van der Waals surface area contributed by atoms with Gasteiger partial charge in [0.25, 0.3) is 0 Å². The van der Waals surface area contributed by atoms with E-state index >= 15 is 0 Å². The van der Waals surface area contributed by atoms with Crippen LogP contribution >= 0.6 is 15.9 Å². The normalized spacial score (nSPS) is 23.9. The number of hydrogen-bond acceptors (Lipinski definition) is 2. The zero-order chi connectivity index (χ0) is 13.3. The molecule has 96 valence electrons. The lowest BCUT2D eigenvalue weighted by Gasteiger charge is -2.29. The molecule has 0 aromatic heterocycles. The van der Waals surface area contributed by atoms with Gasteiger partial charge in [0.2, 0.25) is 11.8 Å².